The largest absolute Gasteiger partial charge is 0.456 e. The maximum Gasteiger partial charge on any atom is 0.235 e. The molecule has 0 saturated heterocycles. The zero-order valence-electron chi connectivity index (χ0n) is 29.0. The second-order valence-electron chi connectivity index (χ2n) is 14.1. The highest BCUT2D eigenvalue weighted by molar-refractivity contribution is 6.24. The van der Waals surface area contributed by atoms with Gasteiger partial charge in [0.15, 0.2) is 0 Å². The van der Waals surface area contributed by atoms with Gasteiger partial charge in [0.25, 0.3) is 0 Å². The summed E-state index contributed by atoms with van der Waals surface area (Å²) >= 11 is 0. The topological polar surface area (TPSA) is 43.9 Å². The predicted octanol–water partition coefficient (Wildman–Crippen LogP) is 13.4. The molecule has 0 saturated carbocycles. The lowest BCUT2D eigenvalue weighted by Crippen LogP contribution is -2.04. The Morgan fingerprint density at radius 1 is 0.407 bits per heavy atom. The summed E-state index contributed by atoms with van der Waals surface area (Å²) in [4.78, 5) is 11.0. The average molecular weight is 688 g/mol. The lowest BCUT2D eigenvalue weighted by atomic mass is 9.97. The van der Waals surface area contributed by atoms with Crippen LogP contribution in [-0.4, -0.2) is 14.5 Å². The van der Waals surface area contributed by atoms with E-state index in [2.05, 4.69) is 180 Å². The highest BCUT2D eigenvalue weighted by Gasteiger charge is 2.23. The molecule has 4 nitrogen and oxygen atoms in total. The van der Waals surface area contributed by atoms with Gasteiger partial charge in [0.1, 0.15) is 11.2 Å². The van der Waals surface area contributed by atoms with Crippen LogP contribution in [0.25, 0.3) is 115 Å². The minimum Gasteiger partial charge on any atom is -0.456 e. The average Bonchev–Trinajstić information content (AvgIpc) is 3.79. The summed E-state index contributed by atoms with van der Waals surface area (Å²) in [6, 6.07) is 62.5. The lowest BCUT2D eigenvalue weighted by molar-refractivity contribution is 0.669. The minimum atomic E-state index is 0.640. The standard InChI is InChI=1S/C50H29N3O/c1-2-14-33(15-3-1)47-40-25-21-32-13-6-9-18-37(32)48(40)52-50(51-47)53-42-26-22-30-11-4-7-16-35(30)45(42)39-20-10-19-38(49(39)53)34-24-27-43-41(29-34)46-36-17-8-5-12-31(36)23-28-44(46)54-43/h1-29H. The summed E-state index contributed by atoms with van der Waals surface area (Å²) < 4.78 is 8.73. The van der Waals surface area contributed by atoms with Crippen LogP contribution in [0.4, 0.5) is 0 Å². The molecule has 0 N–H and O–H groups in total. The first-order chi connectivity index (χ1) is 26.8. The maximum absolute atomic E-state index is 6.43. The summed E-state index contributed by atoms with van der Waals surface area (Å²) in [6.45, 7) is 0. The van der Waals surface area contributed by atoms with Gasteiger partial charge >= 0.3 is 0 Å². The van der Waals surface area contributed by atoms with Gasteiger partial charge in [-0.05, 0) is 62.8 Å². The molecule has 0 aliphatic heterocycles. The number of hydrogen-bond acceptors (Lipinski definition) is 3. The number of rotatable bonds is 3. The first kappa shape index (κ1) is 29.3. The quantitative estimate of drug-likeness (QED) is 0.174. The maximum atomic E-state index is 6.43. The Labute approximate surface area is 309 Å². The molecule has 3 heterocycles. The Kier molecular flexibility index (Phi) is 6.02. The monoisotopic (exact) mass is 687 g/mol. The Hall–Kier alpha value is -7.30. The van der Waals surface area contributed by atoms with Crippen LogP contribution in [0, 0.1) is 0 Å². The molecule has 0 atom stereocenters. The van der Waals surface area contributed by atoms with Crippen molar-refractivity contribution in [2.75, 3.05) is 0 Å². The van der Waals surface area contributed by atoms with Gasteiger partial charge in [-0.2, -0.15) is 0 Å². The molecular weight excluding hydrogens is 659 g/mol. The van der Waals surface area contributed by atoms with E-state index in [9.17, 15) is 0 Å². The SMILES string of the molecule is c1ccc(-c2nc(-n3c4ccc5ccccc5c4c4cccc(-c5ccc6oc7ccc8ccccc8c7c6c5)c43)nc3c2ccc2ccccc23)cc1. The molecule has 0 amide bonds. The molecule has 12 rings (SSSR count). The fourth-order valence-electron chi connectivity index (χ4n) is 8.76. The van der Waals surface area contributed by atoms with Gasteiger partial charge in [0.05, 0.1) is 22.2 Å². The molecule has 0 bridgehead atoms. The van der Waals surface area contributed by atoms with Gasteiger partial charge in [-0.25, -0.2) is 9.97 Å². The molecule has 250 valence electrons. The van der Waals surface area contributed by atoms with Crippen molar-refractivity contribution in [3.05, 3.63) is 176 Å². The first-order valence-corrected chi connectivity index (χ1v) is 18.3. The van der Waals surface area contributed by atoms with Crippen molar-refractivity contribution >= 4 is 87.0 Å². The normalized spacial score (nSPS) is 12.1. The Bertz CT molecular complexity index is 3500. The van der Waals surface area contributed by atoms with Crippen LogP contribution in [0.2, 0.25) is 0 Å². The van der Waals surface area contributed by atoms with Crippen molar-refractivity contribution in [3.8, 4) is 28.3 Å². The van der Waals surface area contributed by atoms with Crippen LogP contribution in [0.1, 0.15) is 0 Å². The number of aromatic nitrogens is 3. The Morgan fingerprint density at radius 2 is 1.06 bits per heavy atom. The van der Waals surface area contributed by atoms with Crippen molar-refractivity contribution in [1.29, 1.82) is 0 Å². The molecule has 0 spiro atoms. The van der Waals surface area contributed by atoms with E-state index < -0.39 is 0 Å². The van der Waals surface area contributed by atoms with Crippen LogP contribution >= 0.6 is 0 Å². The molecule has 0 fully saturated rings. The molecular formula is C50H29N3O. The minimum absolute atomic E-state index is 0.640. The third kappa shape index (κ3) is 4.13. The molecule has 0 aliphatic carbocycles. The van der Waals surface area contributed by atoms with Crippen LogP contribution in [0.15, 0.2) is 180 Å². The Morgan fingerprint density at radius 3 is 1.87 bits per heavy atom. The van der Waals surface area contributed by atoms with E-state index in [0.29, 0.717) is 5.95 Å². The number of hydrogen-bond donors (Lipinski definition) is 0. The zero-order valence-corrected chi connectivity index (χ0v) is 29.0. The van der Waals surface area contributed by atoms with E-state index in [4.69, 9.17) is 14.4 Å². The molecule has 9 aromatic carbocycles. The van der Waals surface area contributed by atoms with Crippen LogP contribution in [0.5, 0.6) is 0 Å². The van der Waals surface area contributed by atoms with Crippen molar-refractivity contribution in [1.82, 2.24) is 14.5 Å². The fraction of sp³-hybridized carbons (Fsp3) is 0. The van der Waals surface area contributed by atoms with E-state index in [-0.39, 0.29) is 0 Å². The summed E-state index contributed by atoms with van der Waals surface area (Å²) in [5.74, 6) is 0.640. The first-order valence-electron chi connectivity index (χ1n) is 18.3. The van der Waals surface area contributed by atoms with Crippen molar-refractivity contribution in [3.63, 3.8) is 0 Å². The predicted molar refractivity (Wildman–Crippen MR) is 225 cm³/mol. The van der Waals surface area contributed by atoms with E-state index in [1.165, 1.54) is 26.9 Å². The van der Waals surface area contributed by atoms with Crippen molar-refractivity contribution in [2.24, 2.45) is 0 Å². The van der Waals surface area contributed by atoms with Crippen molar-refractivity contribution in [2.45, 2.75) is 0 Å². The van der Waals surface area contributed by atoms with Gasteiger partial charge in [-0.3, -0.25) is 4.57 Å². The number of fused-ring (bicyclic) bond motifs is 13. The third-order valence-corrected chi connectivity index (χ3v) is 11.2. The van der Waals surface area contributed by atoms with Crippen LogP contribution in [0.3, 0.4) is 0 Å². The van der Waals surface area contributed by atoms with Gasteiger partial charge in [0, 0.05) is 43.4 Å². The van der Waals surface area contributed by atoms with Gasteiger partial charge < -0.3 is 4.42 Å². The molecule has 12 aromatic rings. The molecule has 4 heteroatoms. The summed E-state index contributed by atoms with van der Waals surface area (Å²) in [7, 11) is 0. The molecule has 54 heavy (non-hydrogen) atoms. The van der Waals surface area contributed by atoms with Gasteiger partial charge in [-0.15, -0.1) is 0 Å². The molecule has 0 radical (unpaired) electrons. The summed E-state index contributed by atoms with van der Waals surface area (Å²) in [5.41, 5.74) is 9.01. The number of furan rings is 1. The zero-order chi connectivity index (χ0) is 35.3. The fourth-order valence-corrected chi connectivity index (χ4v) is 8.76. The lowest BCUT2D eigenvalue weighted by Gasteiger charge is -2.14. The van der Waals surface area contributed by atoms with E-state index in [0.717, 1.165) is 82.4 Å². The number of para-hydroxylation sites is 1. The van der Waals surface area contributed by atoms with Gasteiger partial charge in [0.2, 0.25) is 5.95 Å². The third-order valence-electron chi connectivity index (χ3n) is 11.2. The smallest absolute Gasteiger partial charge is 0.235 e. The molecule has 3 aromatic heterocycles. The molecule has 0 unspecified atom stereocenters. The van der Waals surface area contributed by atoms with E-state index in [1.807, 2.05) is 0 Å². The van der Waals surface area contributed by atoms with E-state index in [1.54, 1.807) is 0 Å². The second kappa shape index (κ2) is 11.1. The van der Waals surface area contributed by atoms with Crippen LogP contribution in [-0.2, 0) is 0 Å². The highest BCUT2D eigenvalue weighted by atomic mass is 16.3. The Balaban J connectivity index is 1.24. The van der Waals surface area contributed by atoms with Gasteiger partial charge in [-0.1, -0.05) is 146 Å². The second-order valence-corrected chi connectivity index (χ2v) is 14.1. The summed E-state index contributed by atoms with van der Waals surface area (Å²) in [5, 5.41) is 12.7. The van der Waals surface area contributed by atoms with Crippen molar-refractivity contribution < 1.29 is 4.42 Å². The highest BCUT2D eigenvalue weighted by Crippen LogP contribution is 2.43. The summed E-state index contributed by atoms with van der Waals surface area (Å²) in [6.07, 6.45) is 0. The number of nitrogens with zero attached hydrogens (tertiary/aromatic N) is 3. The number of benzene rings is 9. The van der Waals surface area contributed by atoms with E-state index >= 15 is 0 Å². The van der Waals surface area contributed by atoms with Crippen LogP contribution < -0.4 is 0 Å². The molecule has 0 aliphatic rings.